The fraction of sp³-hybridized carbons (Fsp3) is 0.0357. The lowest BCUT2D eigenvalue weighted by Crippen LogP contribution is -1.99. The number of rotatable bonds is 4. The Labute approximate surface area is 335 Å². The van der Waals surface area contributed by atoms with Crippen molar-refractivity contribution < 1.29 is 0 Å². The van der Waals surface area contributed by atoms with Crippen molar-refractivity contribution >= 4 is 80.7 Å². The minimum atomic E-state index is 1.06. The first-order valence-corrected chi connectivity index (χ1v) is 20.8. The van der Waals surface area contributed by atoms with Crippen LogP contribution in [0, 0.1) is 0 Å². The lowest BCUT2D eigenvalue weighted by molar-refractivity contribution is 1.00. The quantitative estimate of drug-likeness (QED) is 0.158. The van der Waals surface area contributed by atoms with Gasteiger partial charge in [-0.25, -0.2) is 0 Å². The van der Waals surface area contributed by atoms with E-state index in [1.807, 2.05) is 11.3 Å². The Kier molecular flexibility index (Phi) is 7.33. The molecule has 0 bridgehead atoms. The summed E-state index contributed by atoms with van der Waals surface area (Å²) in [6.45, 7) is 0. The van der Waals surface area contributed by atoms with Crippen molar-refractivity contribution in [2.45, 2.75) is 12.8 Å². The summed E-state index contributed by atoms with van der Waals surface area (Å²) >= 11 is 1.89. The van der Waals surface area contributed by atoms with E-state index in [-0.39, 0.29) is 0 Å². The summed E-state index contributed by atoms with van der Waals surface area (Å²) in [6, 6.07) is 67.7. The van der Waals surface area contributed by atoms with Gasteiger partial charge in [-0.05, 0) is 124 Å². The van der Waals surface area contributed by atoms with Gasteiger partial charge in [0, 0.05) is 20.2 Å². The van der Waals surface area contributed by atoms with Crippen LogP contribution in [0.25, 0.3) is 114 Å². The molecule has 0 spiro atoms. The molecule has 0 saturated heterocycles. The topological polar surface area (TPSA) is 0 Å². The third kappa shape index (κ3) is 5.13. The zero-order valence-corrected chi connectivity index (χ0v) is 32.1. The van der Waals surface area contributed by atoms with Crippen LogP contribution in [0.1, 0.15) is 17.5 Å². The third-order valence-electron chi connectivity index (χ3n) is 12.4. The van der Waals surface area contributed by atoms with Gasteiger partial charge in [0.15, 0.2) is 0 Å². The maximum absolute atomic E-state index is 2.45. The average Bonchev–Trinajstić information content (AvgIpc) is 3.68. The molecule has 0 unspecified atom stereocenters. The van der Waals surface area contributed by atoms with Crippen molar-refractivity contribution in [2.75, 3.05) is 0 Å². The molecule has 0 atom stereocenters. The van der Waals surface area contributed by atoms with E-state index in [9.17, 15) is 0 Å². The van der Waals surface area contributed by atoms with Crippen molar-refractivity contribution in [2.24, 2.45) is 0 Å². The first kappa shape index (κ1) is 32.4. The average molecular weight is 741 g/mol. The lowest BCUT2D eigenvalue weighted by atomic mass is 9.82. The number of allylic oxidation sites excluding steroid dienone is 1. The number of thiophene rings is 1. The molecule has 11 aromatic rings. The van der Waals surface area contributed by atoms with Crippen LogP contribution < -0.4 is 0 Å². The molecule has 0 amide bonds. The van der Waals surface area contributed by atoms with Crippen molar-refractivity contribution in [3.63, 3.8) is 0 Å². The molecule has 0 nitrogen and oxygen atoms in total. The maximum atomic E-state index is 2.45. The van der Waals surface area contributed by atoms with Gasteiger partial charge in [0.05, 0.1) is 0 Å². The predicted molar refractivity (Wildman–Crippen MR) is 248 cm³/mol. The Bertz CT molecular complexity index is 3420. The van der Waals surface area contributed by atoms with Crippen LogP contribution in [0.2, 0.25) is 0 Å². The highest BCUT2D eigenvalue weighted by atomic mass is 32.1. The summed E-state index contributed by atoms with van der Waals surface area (Å²) in [5, 5.41) is 13.5. The van der Waals surface area contributed by atoms with Gasteiger partial charge in [0.25, 0.3) is 0 Å². The van der Waals surface area contributed by atoms with Crippen molar-refractivity contribution in [3.8, 4) is 44.5 Å². The molecule has 0 N–H and O–H groups in total. The molecule has 57 heavy (non-hydrogen) atoms. The summed E-state index contributed by atoms with van der Waals surface area (Å²) in [4.78, 5) is 0. The van der Waals surface area contributed by atoms with Gasteiger partial charge >= 0.3 is 0 Å². The third-order valence-corrected chi connectivity index (χ3v) is 13.6. The second-order valence-corrected chi connectivity index (χ2v) is 16.5. The zero-order valence-electron chi connectivity index (χ0n) is 31.3. The number of hydrogen-bond acceptors (Lipinski definition) is 1. The smallest absolute Gasteiger partial charge is 0.0433 e. The molecule has 0 fully saturated rings. The van der Waals surface area contributed by atoms with Gasteiger partial charge in [-0.3, -0.25) is 0 Å². The van der Waals surface area contributed by atoms with Crippen LogP contribution in [-0.4, -0.2) is 0 Å². The molecule has 0 aliphatic heterocycles. The number of fused-ring (bicyclic) bond motifs is 14. The highest BCUT2D eigenvalue weighted by Gasteiger charge is 2.20. The van der Waals surface area contributed by atoms with Gasteiger partial charge < -0.3 is 0 Å². The minimum Gasteiger partial charge on any atom is -0.135 e. The lowest BCUT2D eigenvalue weighted by Gasteiger charge is -2.22. The van der Waals surface area contributed by atoms with Gasteiger partial charge in [0.1, 0.15) is 0 Å². The van der Waals surface area contributed by atoms with Crippen LogP contribution in [-0.2, 0) is 6.42 Å². The monoisotopic (exact) mass is 740 g/mol. The predicted octanol–water partition coefficient (Wildman–Crippen LogP) is 16.3. The minimum absolute atomic E-state index is 1.06. The zero-order chi connectivity index (χ0) is 37.5. The van der Waals surface area contributed by atoms with Crippen LogP contribution in [0.4, 0.5) is 0 Å². The SMILES string of the molecule is C1=Cc2c(c3cc(-c4ccc(-c5ccc(-c6ccc(-c7cccc8c7sc7ccccc78)cc6)cc5)cc4)ccc3c3c4ccccc4c4ccccc4c23)CC1. The Morgan fingerprint density at radius 2 is 0.842 bits per heavy atom. The maximum Gasteiger partial charge on any atom is 0.0433 e. The molecule has 10 aromatic carbocycles. The molecule has 1 heteroatoms. The second-order valence-electron chi connectivity index (χ2n) is 15.4. The first-order chi connectivity index (χ1) is 28.3. The summed E-state index contributed by atoms with van der Waals surface area (Å²) in [5.74, 6) is 0. The van der Waals surface area contributed by atoms with Gasteiger partial charge in [-0.2, -0.15) is 0 Å². The molecule has 1 aliphatic carbocycles. The second kappa shape index (κ2) is 12.9. The van der Waals surface area contributed by atoms with E-state index in [0.717, 1.165) is 12.8 Å². The Hall–Kier alpha value is -6.80. The number of aryl methyl sites for hydroxylation is 1. The van der Waals surface area contributed by atoms with Crippen molar-refractivity contribution in [1.82, 2.24) is 0 Å². The van der Waals surface area contributed by atoms with E-state index in [0.29, 0.717) is 0 Å². The van der Waals surface area contributed by atoms with E-state index in [2.05, 4.69) is 194 Å². The highest BCUT2D eigenvalue weighted by Crippen LogP contribution is 2.46. The van der Waals surface area contributed by atoms with E-state index >= 15 is 0 Å². The summed E-state index contributed by atoms with van der Waals surface area (Å²) in [7, 11) is 0. The van der Waals surface area contributed by atoms with Gasteiger partial charge in [0.2, 0.25) is 0 Å². The van der Waals surface area contributed by atoms with Crippen LogP contribution in [0.3, 0.4) is 0 Å². The fourth-order valence-electron chi connectivity index (χ4n) is 9.60. The number of hydrogen-bond donors (Lipinski definition) is 0. The molecule has 0 radical (unpaired) electrons. The Balaban J connectivity index is 0.866. The normalized spacial score (nSPS) is 12.7. The molecule has 0 saturated carbocycles. The molecule has 1 heterocycles. The van der Waals surface area contributed by atoms with Crippen LogP contribution >= 0.6 is 11.3 Å². The van der Waals surface area contributed by atoms with Crippen molar-refractivity contribution in [1.29, 1.82) is 0 Å². The molecular weight excluding hydrogens is 705 g/mol. The standard InChI is InChI=1S/C56H36S/c1-4-14-47-43(10-1)44-11-2-5-15-48(44)55-50-33-32-41(34-52(50)45-12-3-6-16-49(45)54(47)55)39-26-24-37(25-27-39)35-20-22-36(23-21-35)38-28-30-40(31-29-38)42-17-9-18-51-46-13-7-8-19-53(46)57-56(42)51/h1-2,4-11,13-34H,3,12H2. The summed E-state index contributed by atoms with van der Waals surface area (Å²) < 4.78 is 2.70. The van der Waals surface area contributed by atoms with Gasteiger partial charge in [-0.15, -0.1) is 11.3 Å². The molecule has 1 aromatic heterocycles. The Morgan fingerprint density at radius 3 is 1.49 bits per heavy atom. The Morgan fingerprint density at radius 1 is 0.351 bits per heavy atom. The molecule has 12 rings (SSSR count). The largest absolute Gasteiger partial charge is 0.135 e. The van der Waals surface area contributed by atoms with E-state index in [4.69, 9.17) is 0 Å². The summed E-state index contributed by atoms with van der Waals surface area (Å²) in [5.41, 5.74) is 12.8. The van der Waals surface area contributed by atoms with E-state index in [1.165, 1.54) is 119 Å². The molecular formula is C56H36S. The van der Waals surface area contributed by atoms with E-state index < -0.39 is 0 Å². The molecule has 266 valence electrons. The first-order valence-electron chi connectivity index (χ1n) is 20.0. The van der Waals surface area contributed by atoms with Crippen LogP contribution in [0.15, 0.2) is 188 Å². The summed E-state index contributed by atoms with van der Waals surface area (Å²) in [6.07, 6.45) is 6.88. The molecule has 1 aliphatic rings. The fourth-order valence-corrected chi connectivity index (χ4v) is 10.8. The van der Waals surface area contributed by atoms with E-state index in [1.54, 1.807) is 0 Å². The number of benzene rings is 10. The highest BCUT2D eigenvalue weighted by molar-refractivity contribution is 7.26. The van der Waals surface area contributed by atoms with Crippen molar-refractivity contribution in [3.05, 3.63) is 199 Å². The van der Waals surface area contributed by atoms with Gasteiger partial charge in [-0.1, -0.05) is 182 Å². The van der Waals surface area contributed by atoms with Crippen LogP contribution in [0.5, 0.6) is 0 Å².